The third kappa shape index (κ3) is 5.58. The summed E-state index contributed by atoms with van der Waals surface area (Å²) < 4.78 is 0. The SMILES string of the molecule is CC(N)Cc1ccc(CN2CCCC2)s1.Cl.Cl. The van der Waals surface area contributed by atoms with Crippen LogP contribution in [-0.4, -0.2) is 24.0 Å². The molecular formula is C12H22Cl2N2S. The van der Waals surface area contributed by atoms with Gasteiger partial charge in [-0.3, -0.25) is 4.90 Å². The summed E-state index contributed by atoms with van der Waals surface area (Å²) in [6.45, 7) is 5.77. The number of nitrogens with zero attached hydrogens (tertiary/aromatic N) is 1. The lowest BCUT2D eigenvalue weighted by molar-refractivity contribution is 0.334. The summed E-state index contributed by atoms with van der Waals surface area (Å²) >= 11 is 1.93. The third-order valence-electron chi connectivity index (χ3n) is 2.82. The van der Waals surface area contributed by atoms with Crippen LogP contribution in [0.15, 0.2) is 12.1 Å². The summed E-state index contributed by atoms with van der Waals surface area (Å²) in [4.78, 5) is 5.47. The Balaban J connectivity index is 0.00000128. The summed E-state index contributed by atoms with van der Waals surface area (Å²) in [6.07, 6.45) is 3.76. The van der Waals surface area contributed by atoms with Gasteiger partial charge in [0.05, 0.1) is 0 Å². The molecule has 0 spiro atoms. The molecular weight excluding hydrogens is 275 g/mol. The van der Waals surface area contributed by atoms with Crippen molar-refractivity contribution in [2.45, 2.75) is 38.8 Å². The Labute approximate surface area is 120 Å². The van der Waals surface area contributed by atoms with Gasteiger partial charge in [0.25, 0.3) is 0 Å². The van der Waals surface area contributed by atoms with Crippen molar-refractivity contribution in [3.05, 3.63) is 21.9 Å². The normalized spacial score (nSPS) is 17.3. The maximum atomic E-state index is 5.79. The number of nitrogens with two attached hydrogens (primary N) is 1. The van der Waals surface area contributed by atoms with Crippen LogP contribution in [0.5, 0.6) is 0 Å². The minimum Gasteiger partial charge on any atom is -0.328 e. The molecule has 2 N–H and O–H groups in total. The van der Waals surface area contributed by atoms with Crippen molar-refractivity contribution >= 4 is 36.2 Å². The van der Waals surface area contributed by atoms with Gasteiger partial charge in [-0.2, -0.15) is 0 Å². The standard InChI is InChI=1S/C12H20N2S.2ClH/c1-10(13)8-11-4-5-12(15-11)9-14-6-2-3-7-14;;/h4-5,10H,2-3,6-9,13H2,1H3;2*1H. The minimum atomic E-state index is 0. The Morgan fingerprint density at radius 1 is 1.24 bits per heavy atom. The second kappa shape index (κ2) is 8.33. The van der Waals surface area contributed by atoms with E-state index in [2.05, 4.69) is 24.0 Å². The van der Waals surface area contributed by atoms with Crippen molar-refractivity contribution in [3.63, 3.8) is 0 Å². The van der Waals surface area contributed by atoms with Crippen LogP contribution in [0.3, 0.4) is 0 Å². The van der Waals surface area contributed by atoms with Crippen LogP contribution >= 0.6 is 36.2 Å². The van der Waals surface area contributed by atoms with E-state index >= 15 is 0 Å². The second-order valence-electron chi connectivity index (χ2n) is 4.53. The summed E-state index contributed by atoms with van der Waals surface area (Å²) in [7, 11) is 0. The lowest BCUT2D eigenvalue weighted by Crippen LogP contribution is -2.17. The Morgan fingerprint density at radius 2 is 1.82 bits per heavy atom. The summed E-state index contributed by atoms with van der Waals surface area (Å²) in [5, 5.41) is 0. The van der Waals surface area contributed by atoms with E-state index in [4.69, 9.17) is 5.73 Å². The molecule has 2 rings (SSSR count). The molecule has 5 heteroatoms. The van der Waals surface area contributed by atoms with Crippen molar-refractivity contribution in [2.75, 3.05) is 13.1 Å². The molecule has 2 nitrogen and oxygen atoms in total. The van der Waals surface area contributed by atoms with Crippen LogP contribution < -0.4 is 5.73 Å². The highest BCUT2D eigenvalue weighted by Gasteiger charge is 2.12. The molecule has 1 atom stereocenters. The van der Waals surface area contributed by atoms with E-state index in [0.29, 0.717) is 0 Å². The lowest BCUT2D eigenvalue weighted by Gasteiger charge is -2.12. The van der Waals surface area contributed by atoms with E-state index in [1.54, 1.807) is 0 Å². The number of halogens is 2. The highest BCUT2D eigenvalue weighted by Crippen LogP contribution is 2.21. The maximum Gasteiger partial charge on any atom is 0.0328 e. The fraction of sp³-hybridized carbons (Fsp3) is 0.667. The third-order valence-corrected chi connectivity index (χ3v) is 3.91. The van der Waals surface area contributed by atoms with Gasteiger partial charge in [-0.25, -0.2) is 0 Å². The number of thiophene rings is 1. The zero-order valence-corrected chi connectivity index (χ0v) is 12.7. The molecule has 1 aromatic heterocycles. The van der Waals surface area contributed by atoms with E-state index in [0.717, 1.165) is 13.0 Å². The van der Waals surface area contributed by atoms with Crippen molar-refractivity contribution in [2.24, 2.45) is 5.73 Å². The topological polar surface area (TPSA) is 29.3 Å². The monoisotopic (exact) mass is 296 g/mol. The molecule has 0 bridgehead atoms. The van der Waals surface area contributed by atoms with Crippen LogP contribution in [0.2, 0.25) is 0 Å². The zero-order valence-electron chi connectivity index (χ0n) is 10.2. The van der Waals surface area contributed by atoms with Crippen LogP contribution in [-0.2, 0) is 13.0 Å². The van der Waals surface area contributed by atoms with Gasteiger partial charge in [0.15, 0.2) is 0 Å². The quantitative estimate of drug-likeness (QED) is 0.925. The highest BCUT2D eigenvalue weighted by molar-refractivity contribution is 7.11. The van der Waals surface area contributed by atoms with Gasteiger partial charge >= 0.3 is 0 Å². The largest absolute Gasteiger partial charge is 0.328 e. The molecule has 1 fully saturated rings. The average molecular weight is 297 g/mol. The van der Waals surface area contributed by atoms with Crippen LogP contribution in [0.1, 0.15) is 29.5 Å². The molecule has 0 aliphatic carbocycles. The lowest BCUT2D eigenvalue weighted by atomic mass is 10.2. The first-order valence-electron chi connectivity index (χ1n) is 5.79. The van der Waals surface area contributed by atoms with Gasteiger partial charge < -0.3 is 5.73 Å². The van der Waals surface area contributed by atoms with Crippen molar-refractivity contribution in [1.82, 2.24) is 4.90 Å². The molecule has 0 aromatic carbocycles. The first-order chi connectivity index (χ1) is 7.24. The number of likely N-dealkylation sites (tertiary alicyclic amines) is 1. The van der Waals surface area contributed by atoms with Gasteiger partial charge in [0, 0.05) is 22.3 Å². The summed E-state index contributed by atoms with van der Waals surface area (Å²) in [5.41, 5.74) is 5.79. The zero-order chi connectivity index (χ0) is 10.7. The van der Waals surface area contributed by atoms with E-state index in [-0.39, 0.29) is 30.9 Å². The molecule has 1 saturated heterocycles. The van der Waals surface area contributed by atoms with Crippen molar-refractivity contribution < 1.29 is 0 Å². The molecule has 100 valence electrons. The van der Waals surface area contributed by atoms with Gasteiger partial charge in [0.1, 0.15) is 0 Å². The van der Waals surface area contributed by atoms with Gasteiger partial charge in [-0.15, -0.1) is 36.2 Å². The number of hydrogen-bond donors (Lipinski definition) is 1. The highest BCUT2D eigenvalue weighted by atomic mass is 35.5. The first kappa shape index (κ1) is 17.2. The minimum absolute atomic E-state index is 0. The smallest absolute Gasteiger partial charge is 0.0328 e. The van der Waals surface area contributed by atoms with E-state index in [1.165, 1.54) is 35.7 Å². The Kier molecular flexibility index (Phi) is 8.43. The van der Waals surface area contributed by atoms with Crippen LogP contribution in [0, 0.1) is 0 Å². The molecule has 1 aliphatic heterocycles. The number of rotatable bonds is 4. The molecule has 2 heterocycles. The van der Waals surface area contributed by atoms with E-state index < -0.39 is 0 Å². The second-order valence-corrected chi connectivity index (χ2v) is 5.79. The fourth-order valence-corrected chi connectivity index (χ4v) is 3.30. The van der Waals surface area contributed by atoms with Crippen LogP contribution in [0.25, 0.3) is 0 Å². The summed E-state index contributed by atoms with van der Waals surface area (Å²) in [5.74, 6) is 0. The van der Waals surface area contributed by atoms with E-state index in [1.807, 2.05) is 11.3 Å². The van der Waals surface area contributed by atoms with Gasteiger partial charge in [-0.05, 0) is 51.4 Å². The first-order valence-corrected chi connectivity index (χ1v) is 6.61. The summed E-state index contributed by atoms with van der Waals surface area (Å²) in [6, 6.07) is 4.78. The molecule has 0 radical (unpaired) electrons. The Hall–Kier alpha value is 0.200. The average Bonchev–Trinajstić information content (AvgIpc) is 2.77. The van der Waals surface area contributed by atoms with Crippen molar-refractivity contribution in [1.29, 1.82) is 0 Å². The number of hydrogen-bond acceptors (Lipinski definition) is 3. The molecule has 0 amide bonds. The molecule has 0 saturated carbocycles. The van der Waals surface area contributed by atoms with E-state index in [9.17, 15) is 0 Å². The molecule has 17 heavy (non-hydrogen) atoms. The van der Waals surface area contributed by atoms with Crippen LogP contribution in [0.4, 0.5) is 0 Å². The molecule has 1 unspecified atom stereocenters. The van der Waals surface area contributed by atoms with Crippen molar-refractivity contribution in [3.8, 4) is 0 Å². The fourth-order valence-electron chi connectivity index (χ4n) is 2.10. The van der Waals surface area contributed by atoms with Gasteiger partial charge in [-0.1, -0.05) is 0 Å². The predicted octanol–water partition coefficient (Wildman–Crippen LogP) is 3.08. The predicted molar refractivity (Wildman–Crippen MR) is 80.7 cm³/mol. The Bertz CT molecular complexity index is 309. The molecule has 1 aliphatic rings. The molecule has 1 aromatic rings. The van der Waals surface area contributed by atoms with Gasteiger partial charge in [0.2, 0.25) is 0 Å². The Morgan fingerprint density at radius 3 is 2.41 bits per heavy atom. The maximum absolute atomic E-state index is 5.79.